The summed E-state index contributed by atoms with van der Waals surface area (Å²) in [6.07, 6.45) is 5.13. The highest BCUT2D eigenvalue weighted by Crippen LogP contribution is 2.37. The van der Waals surface area contributed by atoms with Gasteiger partial charge in [0, 0.05) is 41.2 Å². The maximum atomic E-state index is 14.5. The minimum Gasteiger partial charge on any atom is -0.490 e. The number of fused-ring (bicyclic) bond motifs is 2. The van der Waals surface area contributed by atoms with Gasteiger partial charge in [0.15, 0.2) is 5.65 Å². The molecule has 146 valence electrons. The van der Waals surface area contributed by atoms with E-state index in [1.807, 2.05) is 23.5 Å². The number of halogens is 1. The number of aliphatic hydroxyl groups is 1. The van der Waals surface area contributed by atoms with Gasteiger partial charge < -0.3 is 9.84 Å². The quantitative estimate of drug-likeness (QED) is 0.576. The van der Waals surface area contributed by atoms with Crippen LogP contribution < -0.4 is 4.74 Å². The number of ether oxygens (including phenoxy) is 1. The largest absolute Gasteiger partial charge is 0.490 e. The van der Waals surface area contributed by atoms with Crippen LogP contribution >= 0.6 is 0 Å². The Balaban J connectivity index is 1.51. The lowest BCUT2D eigenvalue weighted by Crippen LogP contribution is -2.08. The molecular formula is C21H18FN5O2. The Morgan fingerprint density at radius 3 is 2.97 bits per heavy atom. The van der Waals surface area contributed by atoms with Crippen LogP contribution in [-0.4, -0.2) is 36.3 Å². The molecular weight excluding hydrogens is 373 g/mol. The van der Waals surface area contributed by atoms with Gasteiger partial charge in [-0.05, 0) is 37.1 Å². The minimum atomic E-state index is -0.811. The number of benzene rings is 1. The molecule has 1 aliphatic heterocycles. The van der Waals surface area contributed by atoms with Gasteiger partial charge in [0.25, 0.3) is 0 Å². The van der Waals surface area contributed by atoms with Crippen molar-refractivity contribution >= 4 is 5.65 Å². The first kappa shape index (κ1) is 17.7. The summed E-state index contributed by atoms with van der Waals surface area (Å²) >= 11 is 0. The topological polar surface area (TPSA) is 85.4 Å². The first-order chi connectivity index (χ1) is 14.1. The first-order valence-corrected chi connectivity index (χ1v) is 9.35. The fourth-order valence-electron chi connectivity index (χ4n) is 3.86. The molecule has 0 aliphatic carbocycles. The van der Waals surface area contributed by atoms with Crippen LogP contribution in [0.1, 0.15) is 28.7 Å². The molecule has 0 bridgehead atoms. The molecule has 1 N–H and O–H groups in total. The molecule has 4 aromatic rings. The molecule has 3 aromatic heterocycles. The van der Waals surface area contributed by atoms with Crippen molar-refractivity contribution in [3.63, 3.8) is 0 Å². The van der Waals surface area contributed by atoms with Crippen LogP contribution in [-0.2, 0) is 12.8 Å². The third-order valence-corrected chi connectivity index (χ3v) is 5.29. The summed E-state index contributed by atoms with van der Waals surface area (Å²) in [5, 5.41) is 18.5. The zero-order valence-electron chi connectivity index (χ0n) is 15.7. The maximum absolute atomic E-state index is 14.5. The molecule has 1 aliphatic rings. The summed E-state index contributed by atoms with van der Waals surface area (Å²) in [4.78, 5) is 8.93. The summed E-state index contributed by atoms with van der Waals surface area (Å²) in [6, 6.07) is 6.78. The van der Waals surface area contributed by atoms with Crippen molar-refractivity contribution in [1.82, 2.24) is 24.6 Å². The normalized spacial score (nSPS) is 15.5. The molecule has 8 heteroatoms. The van der Waals surface area contributed by atoms with Crippen molar-refractivity contribution in [1.29, 1.82) is 0 Å². The molecule has 7 nitrogen and oxygen atoms in total. The molecule has 4 heterocycles. The average molecular weight is 391 g/mol. The van der Waals surface area contributed by atoms with Crippen molar-refractivity contribution in [3.8, 4) is 16.9 Å². The summed E-state index contributed by atoms with van der Waals surface area (Å²) in [6.45, 7) is 2.08. The lowest BCUT2D eigenvalue weighted by molar-refractivity contribution is 0.140. The van der Waals surface area contributed by atoms with E-state index in [4.69, 9.17) is 4.74 Å². The number of aryl methyl sites for hydroxylation is 2. The van der Waals surface area contributed by atoms with Gasteiger partial charge in [-0.3, -0.25) is 9.38 Å². The van der Waals surface area contributed by atoms with Gasteiger partial charge in [-0.15, -0.1) is 10.2 Å². The molecule has 0 amide bonds. The summed E-state index contributed by atoms with van der Waals surface area (Å²) in [5.74, 6) is 0.898. The Kier molecular flexibility index (Phi) is 4.21. The molecule has 0 spiro atoms. The van der Waals surface area contributed by atoms with Crippen molar-refractivity contribution in [2.75, 3.05) is 6.61 Å². The fourth-order valence-corrected chi connectivity index (χ4v) is 3.86. The zero-order valence-corrected chi connectivity index (χ0v) is 15.7. The number of nitrogens with zero attached hydrogens (tertiary/aromatic N) is 5. The standard InChI is InChI=1S/C21H18FN5O2/c1-12-13(3-2-8-23-12)15-9-24-19(27-11-25-26-21(15)27)7-4-14-16(22)5-6-18-20(14)17(28)10-29-18/h2-3,5-6,8-9,11,17,28H,4,7,10H2,1H3. The SMILES string of the molecule is Cc1ncccc1-c1cnc(CCc2c(F)ccc3c2C(O)CO3)n2cnnc12. The zero-order chi connectivity index (χ0) is 20.0. The maximum Gasteiger partial charge on any atom is 0.171 e. The smallest absolute Gasteiger partial charge is 0.171 e. The molecule has 1 unspecified atom stereocenters. The van der Waals surface area contributed by atoms with Crippen LogP contribution in [0.3, 0.4) is 0 Å². The number of aliphatic hydroxyl groups excluding tert-OH is 1. The fraction of sp³-hybridized carbons (Fsp3) is 0.238. The lowest BCUT2D eigenvalue weighted by Gasteiger charge is -2.12. The molecule has 0 fully saturated rings. The van der Waals surface area contributed by atoms with Crippen molar-refractivity contribution in [3.05, 3.63) is 71.4 Å². The molecule has 0 saturated heterocycles. The number of hydrogen-bond donors (Lipinski definition) is 1. The van der Waals surface area contributed by atoms with E-state index in [2.05, 4.69) is 20.2 Å². The van der Waals surface area contributed by atoms with E-state index in [-0.39, 0.29) is 12.4 Å². The Morgan fingerprint density at radius 2 is 2.10 bits per heavy atom. The van der Waals surface area contributed by atoms with Crippen LogP contribution in [0.2, 0.25) is 0 Å². The van der Waals surface area contributed by atoms with Crippen molar-refractivity contribution < 1.29 is 14.2 Å². The monoisotopic (exact) mass is 391 g/mol. The molecule has 5 rings (SSSR count). The van der Waals surface area contributed by atoms with Crippen LogP contribution in [0, 0.1) is 12.7 Å². The molecule has 0 saturated carbocycles. The third-order valence-electron chi connectivity index (χ3n) is 5.29. The minimum absolute atomic E-state index is 0.152. The van der Waals surface area contributed by atoms with Crippen molar-refractivity contribution in [2.45, 2.75) is 25.9 Å². The Morgan fingerprint density at radius 1 is 1.21 bits per heavy atom. The lowest BCUT2D eigenvalue weighted by atomic mass is 9.98. The van der Waals surface area contributed by atoms with E-state index in [1.165, 1.54) is 6.07 Å². The van der Waals surface area contributed by atoms with Gasteiger partial charge in [-0.25, -0.2) is 9.37 Å². The number of aromatic nitrogens is 5. The third kappa shape index (κ3) is 2.92. The Bertz CT molecular complexity index is 1220. The van der Waals surface area contributed by atoms with Crippen LogP contribution in [0.5, 0.6) is 5.75 Å². The second kappa shape index (κ2) is 6.89. The Hall–Kier alpha value is -3.39. The predicted octanol–water partition coefficient (Wildman–Crippen LogP) is 2.84. The number of hydrogen-bond acceptors (Lipinski definition) is 6. The van der Waals surface area contributed by atoms with Crippen LogP contribution in [0.4, 0.5) is 4.39 Å². The molecule has 1 aromatic carbocycles. The van der Waals surface area contributed by atoms with Crippen LogP contribution in [0.25, 0.3) is 16.8 Å². The Labute approximate surface area is 165 Å². The van der Waals surface area contributed by atoms with Crippen molar-refractivity contribution in [2.24, 2.45) is 0 Å². The predicted molar refractivity (Wildman–Crippen MR) is 103 cm³/mol. The van der Waals surface area contributed by atoms with Crippen LogP contribution in [0.15, 0.2) is 43.0 Å². The molecule has 29 heavy (non-hydrogen) atoms. The van der Waals surface area contributed by atoms with Gasteiger partial charge in [-0.2, -0.15) is 0 Å². The van der Waals surface area contributed by atoms with Gasteiger partial charge in [0.2, 0.25) is 0 Å². The highest BCUT2D eigenvalue weighted by Gasteiger charge is 2.27. The molecule has 1 atom stereocenters. The second-order valence-electron chi connectivity index (χ2n) is 7.01. The van der Waals surface area contributed by atoms with Gasteiger partial charge in [0.1, 0.15) is 36.4 Å². The summed E-state index contributed by atoms with van der Waals surface area (Å²) < 4.78 is 21.7. The van der Waals surface area contributed by atoms with E-state index < -0.39 is 6.10 Å². The molecule has 0 radical (unpaired) electrons. The van der Waals surface area contributed by atoms with Gasteiger partial charge >= 0.3 is 0 Å². The highest BCUT2D eigenvalue weighted by atomic mass is 19.1. The summed E-state index contributed by atoms with van der Waals surface area (Å²) in [7, 11) is 0. The van der Waals surface area contributed by atoms with E-state index in [0.717, 1.165) is 16.8 Å². The first-order valence-electron chi connectivity index (χ1n) is 9.35. The number of rotatable bonds is 4. The van der Waals surface area contributed by atoms with E-state index in [0.29, 0.717) is 41.2 Å². The number of pyridine rings is 1. The second-order valence-corrected chi connectivity index (χ2v) is 7.01. The van der Waals surface area contributed by atoms with E-state index >= 15 is 0 Å². The average Bonchev–Trinajstić information content (AvgIpc) is 3.35. The summed E-state index contributed by atoms with van der Waals surface area (Å²) in [5.41, 5.74) is 4.33. The highest BCUT2D eigenvalue weighted by molar-refractivity contribution is 5.77. The van der Waals surface area contributed by atoms with E-state index in [1.54, 1.807) is 24.8 Å². The van der Waals surface area contributed by atoms with Gasteiger partial charge in [0.05, 0.1) is 0 Å². The van der Waals surface area contributed by atoms with E-state index in [9.17, 15) is 9.50 Å². The van der Waals surface area contributed by atoms with Gasteiger partial charge in [-0.1, -0.05) is 6.07 Å².